The van der Waals surface area contributed by atoms with Crippen LogP contribution in [0.5, 0.6) is 0 Å². The highest BCUT2D eigenvalue weighted by molar-refractivity contribution is 5.90. The van der Waals surface area contributed by atoms with E-state index >= 15 is 0 Å². The molecular formula is C13H21N5O. The number of hydrogen-bond donors (Lipinski definition) is 3. The summed E-state index contributed by atoms with van der Waals surface area (Å²) in [5.74, 6) is 3.58. The molecule has 19 heavy (non-hydrogen) atoms. The first-order valence-corrected chi connectivity index (χ1v) is 6.29. The van der Waals surface area contributed by atoms with E-state index in [-0.39, 0.29) is 6.04 Å². The molecule has 0 aromatic heterocycles. The van der Waals surface area contributed by atoms with Gasteiger partial charge in [0.1, 0.15) is 18.1 Å². The molecule has 4 N–H and O–H groups in total. The zero-order valence-corrected chi connectivity index (χ0v) is 11.4. The summed E-state index contributed by atoms with van der Waals surface area (Å²) in [7, 11) is 1.89. The molecule has 0 aromatic carbocycles. The molecule has 1 aliphatic rings. The van der Waals surface area contributed by atoms with Crippen LogP contribution in [0.25, 0.3) is 0 Å². The first-order valence-electron chi connectivity index (χ1n) is 6.29. The Bertz CT molecular complexity index is 418. The molecule has 1 atom stereocenters. The van der Waals surface area contributed by atoms with Crippen LogP contribution in [-0.4, -0.2) is 49.6 Å². The maximum Gasteiger partial charge on any atom is 0.145 e. The van der Waals surface area contributed by atoms with Gasteiger partial charge in [0.25, 0.3) is 0 Å². The van der Waals surface area contributed by atoms with Crippen molar-refractivity contribution >= 4 is 12.0 Å². The molecule has 0 amide bonds. The number of hydrogen-bond acceptors (Lipinski definition) is 6. The average molecular weight is 263 g/mol. The molecule has 0 radical (unpaired) electrons. The SMILES string of the molecule is CNCCN(CCC=O)C1=C/NC#CC(N)/C(C)=N\1. The summed E-state index contributed by atoms with van der Waals surface area (Å²) in [4.78, 5) is 17.1. The number of rotatable bonds is 7. The highest BCUT2D eigenvalue weighted by Gasteiger charge is 2.11. The van der Waals surface area contributed by atoms with Crippen molar-refractivity contribution in [1.29, 1.82) is 0 Å². The second-order valence-electron chi connectivity index (χ2n) is 4.19. The third-order valence-electron chi connectivity index (χ3n) is 2.71. The number of nitrogens with one attached hydrogen (secondary N) is 2. The van der Waals surface area contributed by atoms with E-state index in [1.807, 2.05) is 18.9 Å². The van der Waals surface area contributed by atoms with Crippen molar-refractivity contribution < 1.29 is 4.79 Å². The van der Waals surface area contributed by atoms with Crippen molar-refractivity contribution in [3.05, 3.63) is 12.0 Å². The highest BCUT2D eigenvalue weighted by atomic mass is 16.1. The second kappa shape index (κ2) is 8.29. The van der Waals surface area contributed by atoms with Crippen molar-refractivity contribution in [3.63, 3.8) is 0 Å². The maximum atomic E-state index is 10.5. The fourth-order valence-corrected chi connectivity index (χ4v) is 1.57. The van der Waals surface area contributed by atoms with E-state index in [1.54, 1.807) is 6.20 Å². The van der Waals surface area contributed by atoms with Gasteiger partial charge < -0.3 is 26.1 Å². The van der Waals surface area contributed by atoms with Crippen molar-refractivity contribution in [2.75, 3.05) is 26.7 Å². The minimum absolute atomic E-state index is 0.367. The molecule has 0 spiro atoms. The predicted molar refractivity (Wildman–Crippen MR) is 76.3 cm³/mol. The lowest BCUT2D eigenvalue weighted by Crippen LogP contribution is -2.34. The second-order valence-corrected chi connectivity index (χ2v) is 4.19. The third-order valence-corrected chi connectivity index (χ3v) is 2.71. The lowest BCUT2D eigenvalue weighted by atomic mass is 10.2. The zero-order valence-electron chi connectivity index (χ0n) is 11.4. The van der Waals surface area contributed by atoms with E-state index in [2.05, 4.69) is 27.6 Å². The average Bonchev–Trinajstić information content (AvgIpc) is 2.40. The van der Waals surface area contributed by atoms with E-state index < -0.39 is 0 Å². The van der Waals surface area contributed by atoms with Gasteiger partial charge in [0, 0.05) is 37.8 Å². The van der Waals surface area contributed by atoms with Crippen molar-refractivity contribution in [1.82, 2.24) is 15.5 Å². The van der Waals surface area contributed by atoms with E-state index in [1.165, 1.54) is 0 Å². The van der Waals surface area contributed by atoms with Gasteiger partial charge in [0.2, 0.25) is 0 Å². The highest BCUT2D eigenvalue weighted by Crippen LogP contribution is 2.08. The minimum Gasteiger partial charge on any atom is -0.354 e. The number of carbonyl (C=O) groups excluding carboxylic acids is 1. The van der Waals surface area contributed by atoms with E-state index in [0.717, 1.165) is 30.9 Å². The maximum absolute atomic E-state index is 10.5. The summed E-state index contributed by atoms with van der Waals surface area (Å²) in [5.41, 5.74) is 6.62. The summed E-state index contributed by atoms with van der Waals surface area (Å²) < 4.78 is 0. The standard InChI is InChI=1S/C13H21N5O/c1-11-12(14)4-5-16-10-13(17-11)18(7-3-9-19)8-6-15-2/h9-10,12,15-16H,3,6-8,14H2,1-2H3/b13-10+,17-11-. The molecule has 0 bridgehead atoms. The van der Waals surface area contributed by atoms with E-state index in [0.29, 0.717) is 13.0 Å². The molecule has 0 saturated carbocycles. The quantitative estimate of drug-likeness (QED) is 0.416. The van der Waals surface area contributed by atoms with Gasteiger partial charge in [-0.05, 0) is 14.0 Å². The number of aliphatic imine (C=N–C) groups is 1. The Hall–Kier alpha value is -1.84. The number of aldehydes is 1. The van der Waals surface area contributed by atoms with Gasteiger partial charge in [-0.15, -0.1) is 0 Å². The lowest BCUT2D eigenvalue weighted by molar-refractivity contribution is -0.108. The molecule has 6 nitrogen and oxygen atoms in total. The largest absolute Gasteiger partial charge is 0.354 e. The van der Waals surface area contributed by atoms with E-state index in [4.69, 9.17) is 5.73 Å². The molecule has 0 aromatic rings. The van der Waals surface area contributed by atoms with Crippen molar-refractivity contribution in [3.8, 4) is 12.0 Å². The number of nitrogens with zero attached hydrogens (tertiary/aromatic N) is 2. The van der Waals surface area contributed by atoms with Crippen LogP contribution >= 0.6 is 0 Å². The molecule has 1 unspecified atom stereocenters. The minimum atomic E-state index is -0.367. The molecule has 1 aliphatic heterocycles. The van der Waals surface area contributed by atoms with Gasteiger partial charge in [-0.1, -0.05) is 5.92 Å². The van der Waals surface area contributed by atoms with Crippen LogP contribution in [0.2, 0.25) is 0 Å². The first kappa shape index (κ1) is 15.2. The van der Waals surface area contributed by atoms with Gasteiger partial charge in [-0.3, -0.25) is 0 Å². The zero-order chi connectivity index (χ0) is 14.1. The Balaban J connectivity index is 2.86. The van der Waals surface area contributed by atoms with Crippen LogP contribution in [0.1, 0.15) is 13.3 Å². The molecular weight excluding hydrogens is 242 g/mol. The van der Waals surface area contributed by atoms with Gasteiger partial charge in [-0.2, -0.15) is 0 Å². The molecule has 0 aliphatic carbocycles. The van der Waals surface area contributed by atoms with Crippen molar-refractivity contribution in [2.45, 2.75) is 19.4 Å². The Morgan fingerprint density at radius 1 is 1.63 bits per heavy atom. The summed E-state index contributed by atoms with van der Waals surface area (Å²) in [6.45, 7) is 4.05. The molecule has 0 fully saturated rings. The number of nitrogens with two attached hydrogens (primary N) is 1. The number of carbonyl (C=O) groups is 1. The molecule has 0 saturated heterocycles. The van der Waals surface area contributed by atoms with Crippen LogP contribution in [0.4, 0.5) is 0 Å². The Morgan fingerprint density at radius 2 is 2.42 bits per heavy atom. The summed E-state index contributed by atoms with van der Waals surface area (Å²) >= 11 is 0. The van der Waals surface area contributed by atoms with Crippen LogP contribution in [0, 0.1) is 12.0 Å². The van der Waals surface area contributed by atoms with Gasteiger partial charge in [-0.25, -0.2) is 4.99 Å². The van der Waals surface area contributed by atoms with Gasteiger partial charge >= 0.3 is 0 Å². The van der Waals surface area contributed by atoms with Crippen LogP contribution in [0.3, 0.4) is 0 Å². The Labute approximate surface area is 114 Å². The Kier molecular flexibility index (Phi) is 6.64. The van der Waals surface area contributed by atoms with Crippen LogP contribution in [-0.2, 0) is 4.79 Å². The third kappa shape index (κ3) is 5.12. The first-order chi connectivity index (χ1) is 9.19. The molecule has 6 heteroatoms. The molecule has 1 rings (SSSR count). The lowest BCUT2D eigenvalue weighted by Gasteiger charge is -2.25. The Morgan fingerprint density at radius 3 is 3.11 bits per heavy atom. The fourth-order valence-electron chi connectivity index (χ4n) is 1.57. The van der Waals surface area contributed by atoms with Crippen LogP contribution in [0.15, 0.2) is 17.0 Å². The molecule has 1 heterocycles. The monoisotopic (exact) mass is 263 g/mol. The molecule has 104 valence electrons. The van der Waals surface area contributed by atoms with Crippen LogP contribution < -0.4 is 16.4 Å². The smallest absolute Gasteiger partial charge is 0.145 e. The van der Waals surface area contributed by atoms with E-state index in [9.17, 15) is 4.79 Å². The summed E-state index contributed by atoms with van der Waals surface area (Å²) in [6.07, 6.45) is 3.11. The predicted octanol–water partition coefficient (Wildman–Crippen LogP) is -0.752. The fraction of sp³-hybridized carbons (Fsp3) is 0.538. The van der Waals surface area contributed by atoms with Crippen molar-refractivity contribution in [2.24, 2.45) is 10.7 Å². The summed E-state index contributed by atoms with van der Waals surface area (Å²) in [6, 6.07) is 2.40. The van der Waals surface area contributed by atoms with Gasteiger partial charge in [0.15, 0.2) is 0 Å². The normalized spacial score (nSPS) is 23.4. The topological polar surface area (TPSA) is 82.8 Å². The number of likely N-dealkylation sites (N-methyl/N-ethyl adjacent to an activating group) is 1. The van der Waals surface area contributed by atoms with Gasteiger partial charge in [0.05, 0.1) is 6.20 Å². The summed E-state index contributed by atoms with van der Waals surface area (Å²) in [5, 5.41) is 5.94.